The number of ether oxygens (including phenoxy) is 1. The van der Waals surface area contributed by atoms with Gasteiger partial charge in [-0.05, 0) is 60.7 Å². The van der Waals surface area contributed by atoms with E-state index in [1.165, 1.54) is 17.0 Å². The topological polar surface area (TPSA) is 67.4 Å². The van der Waals surface area contributed by atoms with Crippen LogP contribution in [-0.4, -0.2) is 18.8 Å². The Morgan fingerprint density at radius 2 is 1.94 bits per heavy atom. The molecule has 1 amide bonds. The Bertz CT molecular complexity index is 1360. The second-order valence-corrected chi connectivity index (χ2v) is 9.75. The highest BCUT2D eigenvalue weighted by atomic mass is 32.1. The van der Waals surface area contributed by atoms with Gasteiger partial charge in [-0.2, -0.15) is 0 Å². The van der Waals surface area contributed by atoms with E-state index in [0.717, 1.165) is 11.3 Å². The zero-order valence-electron chi connectivity index (χ0n) is 19.4. The third-order valence-corrected chi connectivity index (χ3v) is 7.56. The molecule has 35 heavy (non-hydrogen) atoms. The predicted octanol–water partition coefficient (Wildman–Crippen LogP) is 5.90. The number of hydrogen-bond donors (Lipinski definition) is 2. The molecule has 5 rings (SSSR count). The highest BCUT2D eigenvalue weighted by Gasteiger charge is 2.41. The van der Waals surface area contributed by atoms with Crippen molar-refractivity contribution in [3.05, 3.63) is 105 Å². The fourth-order valence-corrected chi connectivity index (χ4v) is 5.81. The molecule has 1 aliphatic heterocycles. The van der Waals surface area contributed by atoms with E-state index in [2.05, 4.69) is 16.7 Å². The second-order valence-electron chi connectivity index (χ2n) is 8.77. The quantitative estimate of drug-likeness (QED) is 0.470. The van der Waals surface area contributed by atoms with Crippen LogP contribution in [0.15, 0.2) is 88.6 Å². The summed E-state index contributed by atoms with van der Waals surface area (Å²) in [6.45, 7) is 1.84. The number of carbonyl (C=O) groups is 2. The van der Waals surface area contributed by atoms with E-state index >= 15 is 0 Å². The van der Waals surface area contributed by atoms with Crippen molar-refractivity contribution in [2.75, 3.05) is 12.4 Å². The van der Waals surface area contributed by atoms with Gasteiger partial charge >= 0.3 is 0 Å². The number of amides is 1. The molecule has 2 N–H and O–H groups in total. The van der Waals surface area contributed by atoms with Crippen LogP contribution in [0.1, 0.15) is 42.0 Å². The lowest BCUT2D eigenvalue weighted by Gasteiger charge is -2.36. The number of hydrogen-bond acceptors (Lipinski definition) is 5. The Balaban J connectivity index is 1.58. The lowest BCUT2D eigenvalue weighted by molar-refractivity contribution is -0.116. The van der Waals surface area contributed by atoms with E-state index in [4.69, 9.17) is 4.74 Å². The van der Waals surface area contributed by atoms with Crippen molar-refractivity contribution in [2.24, 2.45) is 0 Å². The molecule has 0 saturated carbocycles. The van der Waals surface area contributed by atoms with Crippen LogP contribution in [-0.2, 0) is 9.59 Å². The van der Waals surface area contributed by atoms with Gasteiger partial charge in [0.05, 0.1) is 7.11 Å². The monoisotopic (exact) mass is 488 g/mol. The number of nitrogens with one attached hydrogen (secondary N) is 2. The first-order valence-electron chi connectivity index (χ1n) is 11.4. The molecule has 0 saturated heterocycles. The molecule has 7 heteroatoms. The molecule has 2 aliphatic rings. The molecule has 3 aromatic rings. The summed E-state index contributed by atoms with van der Waals surface area (Å²) in [7, 11) is 1.59. The van der Waals surface area contributed by atoms with Crippen molar-refractivity contribution >= 4 is 28.7 Å². The molecule has 2 aromatic carbocycles. The fourth-order valence-electron chi connectivity index (χ4n) is 4.98. The Labute approximate surface area is 207 Å². The average molecular weight is 489 g/mol. The van der Waals surface area contributed by atoms with E-state index in [9.17, 15) is 14.0 Å². The summed E-state index contributed by atoms with van der Waals surface area (Å²) in [5.74, 6) is -0.610. The van der Waals surface area contributed by atoms with E-state index in [0.29, 0.717) is 41.1 Å². The molecule has 5 nitrogen and oxygen atoms in total. The van der Waals surface area contributed by atoms with Crippen LogP contribution < -0.4 is 15.4 Å². The summed E-state index contributed by atoms with van der Waals surface area (Å²) in [4.78, 5) is 28.4. The third kappa shape index (κ3) is 4.51. The minimum atomic E-state index is -0.563. The van der Waals surface area contributed by atoms with Gasteiger partial charge in [0.2, 0.25) is 0 Å². The average Bonchev–Trinajstić information content (AvgIpc) is 3.38. The Hall–Kier alpha value is -3.71. The molecular weight excluding hydrogens is 463 g/mol. The molecule has 0 radical (unpaired) electrons. The standard InChI is InChI=1S/C28H25FN2O3S/c1-16-25(28(33)31-20-8-4-7-19(29)15-20)26(17-6-3-9-21(12-17)34-2)27-22(30-16)13-18(14-23(27)32)24-10-5-11-35-24/h3-12,15,18,26,30H,13-14H2,1-2H3,(H,31,33)/t18-,26-/m0/s1. The molecule has 2 heterocycles. The zero-order valence-corrected chi connectivity index (χ0v) is 20.2. The Kier molecular flexibility index (Phi) is 6.26. The van der Waals surface area contributed by atoms with Crippen molar-refractivity contribution in [3.8, 4) is 5.75 Å². The van der Waals surface area contributed by atoms with E-state index in [1.54, 1.807) is 30.6 Å². The van der Waals surface area contributed by atoms with Gasteiger partial charge in [-0.3, -0.25) is 9.59 Å². The largest absolute Gasteiger partial charge is 0.497 e. The number of dihydropyridines is 1. The molecule has 0 unspecified atom stereocenters. The summed E-state index contributed by atoms with van der Waals surface area (Å²) < 4.78 is 19.2. The molecule has 2 atom stereocenters. The maximum atomic E-state index is 13.7. The molecule has 0 bridgehead atoms. The molecule has 0 fully saturated rings. The first-order chi connectivity index (χ1) is 16.9. The van der Waals surface area contributed by atoms with Crippen LogP contribution >= 0.6 is 11.3 Å². The van der Waals surface area contributed by atoms with Crippen LogP contribution in [0.2, 0.25) is 0 Å². The summed E-state index contributed by atoms with van der Waals surface area (Å²) in [5.41, 5.74) is 3.72. The normalized spacial score (nSPS) is 19.8. The number of Topliss-reactive ketones (excluding diaryl/α,β-unsaturated/α-hetero) is 1. The molecular formula is C28H25FN2O3S. The highest BCUT2D eigenvalue weighted by Crippen LogP contribution is 2.46. The smallest absolute Gasteiger partial charge is 0.254 e. The maximum absolute atomic E-state index is 13.7. The molecule has 1 aliphatic carbocycles. The third-order valence-electron chi connectivity index (χ3n) is 6.53. The van der Waals surface area contributed by atoms with Crippen LogP contribution in [0, 0.1) is 5.82 Å². The minimum absolute atomic E-state index is 0.0218. The van der Waals surface area contributed by atoms with Crippen LogP contribution in [0.5, 0.6) is 5.75 Å². The minimum Gasteiger partial charge on any atom is -0.497 e. The number of allylic oxidation sites excluding steroid dienone is 3. The number of ketones is 1. The highest BCUT2D eigenvalue weighted by molar-refractivity contribution is 7.10. The molecule has 0 spiro atoms. The van der Waals surface area contributed by atoms with Crippen molar-refractivity contribution in [1.29, 1.82) is 0 Å². The summed E-state index contributed by atoms with van der Waals surface area (Å²) in [6, 6.07) is 17.3. The van der Waals surface area contributed by atoms with Gasteiger partial charge in [-0.25, -0.2) is 4.39 Å². The maximum Gasteiger partial charge on any atom is 0.254 e. The van der Waals surface area contributed by atoms with E-state index in [1.807, 2.05) is 42.6 Å². The van der Waals surface area contributed by atoms with E-state index in [-0.39, 0.29) is 17.6 Å². The fraction of sp³-hybridized carbons (Fsp3) is 0.214. The van der Waals surface area contributed by atoms with Gasteiger partial charge in [-0.15, -0.1) is 11.3 Å². The van der Waals surface area contributed by atoms with Crippen molar-refractivity contribution < 1.29 is 18.7 Å². The Morgan fingerprint density at radius 3 is 2.69 bits per heavy atom. The van der Waals surface area contributed by atoms with Crippen molar-refractivity contribution in [1.82, 2.24) is 5.32 Å². The van der Waals surface area contributed by atoms with Gasteiger partial charge < -0.3 is 15.4 Å². The lowest BCUT2D eigenvalue weighted by Crippen LogP contribution is -2.37. The van der Waals surface area contributed by atoms with Crippen LogP contribution in [0.3, 0.4) is 0 Å². The van der Waals surface area contributed by atoms with Gasteiger partial charge in [0.25, 0.3) is 5.91 Å². The lowest BCUT2D eigenvalue weighted by atomic mass is 9.72. The van der Waals surface area contributed by atoms with Gasteiger partial charge in [-0.1, -0.05) is 24.3 Å². The van der Waals surface area contributed by atoms with Crippen molar-refractivity contribution in [2.45, 2.75) is 31.6 Å². The SMILES string of the molecule is COc1cccc([C@H]2C(C(=O)Nc3cccc(F)c3)=C(C)NC3=C2C(=O)C[C@@H](c2cccs2)C3)c1. The molecule has 178 valence electrons. The number of rotatable bonds is 5. The first-order valence-corrected chi connectivity index (χ1v) is 12.3. The first kappa shape index (κ1) is 23.1. The number of carbonyl (C=O) groups excluding carboxylic acids is 2. The summed E-state index contributed by atoms with van der Waals surface area (Å²) in [6.07, 6.45) is 1.08. The number of methoxy groups -OCH3 is 1. The number of halogens is 1. The predicted molar refractivity (Wildman–Crippen MR) is 135 cm³/mol. The van der Waals surface area contributed by atoms with E-state index < -0.39 is 11.7 Å². The zero-order chi connectivity index (χ0) is 24.5. The number of thiophene rings is 1. The Morgan fingerprint density at radius 1 is 1.11 bits per heavy atom. The van der Waals surface area contributed by atoms with Gasteiger partial charge in [0.1, 0.15) is 11.6 Å². The van der Waals surface area contributed by atoms with Crippen molar-refractivity contribution in [3.63, 3.8) is 0 Å². The summed E-state index contributed by atoms with van der Waals surface area (Å²) in [5, 5.41) is 8.21. The second kappa shape index (κ2) is 9.50. The van der Waals surface area contributed by atoms with Crippen LogP contribution in [0.4, 0.5) is 10.1 Å². The van der Waals surface area contributed by atoms with Crippen LogP contribution in [0.25, 0.3) is 0 Å². The van der Waals surface area contributed by atoms with Gasteiger partial charge in [0, 0.05) is 51.4 Å². The summed E-state index contributed by atoms with van der Waals surface area (Å²) >= 11 is 1.66. The number of anilines is 1. The van der Waals surface area contributed by atoms with Gasteiger partial charge in [0.15, 0.2) is 5.78 Å². The molecule has 1 aromatic heterocycles. The number of benzene rings is 2.